The third-order valence-electron chi connectivity index (χ3n) is 4.23. The first-order valence-electron chi connectivity index (χ1n) is 9.56. The summed E-state index contributed by atoms with van der Waals surface area (Å²) < 4.78 is 2.09. The number of rotatable bonds is 13. The largest absolute Gasteiger partial charge is 0.433 e. The van der Waals surface area contributed by atoms with Gasteiger partial charge in [0.2, 0.25) is 0 Å². The van der Waals surface area contributed by atoms with Crippen LogP contribution in [0, 0.1) is 0 Å². The van der Waals surface area contributed by atoms with Gasteiger partial charge in [-0.15, -0.1) is 0 Å². The van der Waals surface area contributed by atoms with Crippen LogP contribution in [0.25, 0.3) is 0 Å². The summed E-state index contributed by atoms with van der Waals surface area (Å²) >= 11 is 9.02. The minimum absolute atomic E-state index is 0.671. The van der Waals surface area contributed by atoms with Gasteiger partial charge in [-0.05, 0) is 32.1 Å². The summed E-state index contributed by atoms with van der Waals surface area (Å²) in [5.74, 6) is 0. The fraction of sp³-hybridized carbons (Fsp3) is 0.947. The Morgan fingerprint density at radius 3 is 1.05 bits per heavy atom. The molecule has 0 aromatic rings. The molecule has 0 saturated heterocycles. The van der Waals surface area contributed by atoms with Crippen molar-refractivity contribution < 1.29 is 4.48 Å². The van der Waals surface area contributed by atoms with Gasteiger partial charge < -0.3 is 29.3 Å². The van der Waals surface area contributed by atoms with Crippen molar-refractivity contribution in [3.05, 3.63) is 0 Å². The third kappa shape index (κ3) is 15.2. The first-order chi connectivity index (χ1) is 10.5. The molecule has 0 atom stereocenters. The number of hydrogen-bond acceptors (Lipinski definition) is 2. The average Bonchev–Trinajstić information content (AvgIpc) is 2.54. The van der Waals surface area contributed by atoms with Gasteiger partial charge in [-0.25, -0.2) is 0 Å². The van der Waals surface area contributed by atoms with Crippen molar-refractivity contribution in [3.63, 3.8) is 0 Å². The van der Waals surface area contributed by atoms with Gasteiger partial charge in [-0.3, -0.25) is 0 Å². The lowest BCUT2D eigenvalue weighted by Crippen LogP contribution is -2.50. The van der Waals surface area contributed by atoms with E-state index in [-0.39, 0.29) is 0 Å². The highest BCUT2D eigenvalue weighted by atomic mass is 32.1. The summed E-state index contributed by atoms with van der Waals surface area (Å²) in [5.41, 5.74) is 0. The number of quaternary nitrogens is 1. The maximum absolute atomic E-state index is 4.51. The van der Waals surface area contributed by atoms with Crippen LogP contribution < -0.4 is 0 Å². The summed E-state index contributed by atoms with van der Waals surface area (Å²) in [4.78, 5) is 0. The molecule has 0 saturated carbocycles. The van der Waals surface area contributed by atoms with E-state index in [0.717, 1.165) is 6.42 Å². The average molecular weight is 348 g/mol. The quantitative estimate of drug-likeness (QED) is 0.219. The molecule has 1 nitrogen and oxygen atoms in total. The highest BCUT2D eigenvalue weighted by molar-refractivity contribution is 8.00. The summed E-state index contributed by atoms with van der Waals surface area (Å²) in [6.07, 6.45) is 11.9. The molecule has 0 heterocycles. The fourth-order valence-corrected chi connectivity index (χ4v) is 2.64. The Kier molecular flexibility index (Phi) is 19.6. The molecule has 0 spiro atoms. The molecule has 0 aromatic heterocycles. The Hall–Kier alpha value is 0.270. The van der Waals surface area contributed by atoms with Gasteiger partial charge in [0.25, 0.3) is 0 Å². The highest BCUT2D eigenvalue weighted by Gasteiger charge is 2.24. The van der Waals surface area contributed by atoms with Gasteiger partial charge in [0.15, 0.2) is 0 Å². The van der Waals surface area contributed by atoms with Gasteiger partial charge in [0.1, 0.15) is 0 Å². The molecule has 0 N–H and O–H groups in total. The molecule has 134 valence electrons. The van der Waals surface area contributed by atoms with Crippen LogP contribution in [-0.2, 0) is 12.6 Å². The van der Waals surface area contributed by atoms with Crippen molar-refractivity contribution in [2.45, 2.75) is 92.4 Å². The molecule has 3 heteroatoms. The van der Waals surface area contributed by atoms with E-state index in [9.17, 15) is 0 Å². The van der Waals surface area contributed by atoms with Crippen LogP contribution in [0.2, 0.25) is 0 Å². The molecule has 0 fully saturated rings. The minimum Gasteiger partial charge on any atom is -0.433 e. The summed E-state index contributed by atoms with van der Waals surface area (Å²) in [5, 5.41) is 0. The van der Waals surface area contributed by atoms with Crippen LogP contribution in [0.15, 0.2) is 0 Å². The lowest BCUT2D eigenvalue weighted by molar-refractivity contribution is -0.929. The predicted octanol–water partition coefficient (Wildman–Crippen LogP) is 6.27. The van der Waals surface area contributed by atoms with Crippen LogP contribution in [0.4, 0.5) is 0 Å². The molecule has 0 radical (unpaired) electrons. The maximum Gasteiger partial charge on any atom is 0.0786 e. The predicted molar refractivity (Wildman–Crippen MR) is 110 cm³/mol. The van der Waals surface area contributed by atoms with Crippen molar-refractivity contribution in [1.29, 1.82) is 0 Å². The summed E-state index contributed by atoms with van der Waals surface area (Å²) in [7, 11) is 0. The zero-order valence-corrected chi connectivity index (χ0v) is 17.6. The van der Waals surface area contributed by atoms with E-state index in [4.69, 9.17) is 0 Å². The Balaban J connectivity index is 0. The van der Waals surface area contributed by atoms with Crippen LogP contribution in [0.3, 0.4) is 0 Å². The van der Waals surface area contributed by atoms with Crippen LogP contribution in [0.5, 0.6) is 0 Å². The van der Waals surface area contributed by atoms with Crippen molar-refractivity contribution in [3.8, 4) is 0 Å². The zero-order valence-electron chi connectivity index (χ0n) is 16.0. The standard InChI is InChI=1S/C16H36N.C3H6S2/c1-5-9-13-17(14-10-6-2,15-11-7-3)16-12-8-4;1-2-3(4)5/h5-16H2,1-4H3;2H2,1H3,(H,4,5)/q+1;/p-1. The lowest BCUT2D eigenvalue weighted by atomic mass is 10.1. The lowest BCUT2D eigenvalue weighted by Gasteiger charge is -2.39. The molecule has 0 aliphatic carbocycles. The monoisotopic (exact) mass is 347 g/mol. The second-order valence-electron chi connectivity index (χ2n) is 6.38. The smallest absolute Gasteiger partial charge is 0.0786 e. The second-order valence-corrected chi connectivity index (χ2v) is 7.62. The van der Waals surface area contributed by atoms with Gasteiger partial charge in [0, 0.05) is 0 Å². The molecular formula is C19H41NS2. The Bertz CT molecular complexity index is 204. The Morgan fingerprint density at radius 1 is 0.682 bits per heavy atom. The number of unbranched alkanes of at least 4 members (excludes halogenated alkanes) is 4. The van der Waals surface area contributed by atoms with Gasteiger partial charge in [0.05, 0.1) is 26.2 Å². The molecule has 0 rings (SSSR count). The van der Waals surface area contributed by atoms with Gasteiger partial charge in [-0.1, -0.05) is 60.3 Å². The van der Waals surface area contributed by atoms with E-state index in [0.29, 0.717) is 4.20 Å². The van der Waals surface area contributed by atoms with E-state index in [2.05, 4.69) is 52.5 Å². The third-order valence-corrected chi connectivity index (χ3v) is 4.81. The van der Waals surface area contributed by atoms with Crippen molar-refractivity contribution in [1.82, 2.24) is 0 Å². The van der Waals surface area contributed by atoms with Crippen LogP contribution in [0.1, 0.15) is 92.4 Å². The molecule has 22 heavy (non-hydrogen) atoms. The maximum atomic E-state index is 4.51. The summed E-state index contributed by atoms with van der Waals surface area (Å²) in [6.45, 7) is 17.0. The molecule has 0 aliphatic rings. The number of nitrogens with zero attached hydrogens (tertiary/aromatic N) is 1. The van der Waals surface area contributed by atoms with Gasteiger partial charge in [-0.2, -0.15) is 4.20 Å². The van der Waals surface area contributed by atoms with E-state index in [1.165, 1.54) is 82.0 Å². The zero-order chi connectivity index (χ0) is 17.3. The molecular weight excluding hydrogens is 306 g/mol. The van der Waals surface area contributed by atoms with Crippen LogP contribution in [-0.4, -0.2) is 34.9 Å². The molecule has 0 unspecified atom stereocenters. The second kappa shape index (κ2) is 17.6. The van der Waals surface area contributed by atoms with Crippen LogP contribution >= 0.6 is 12.2 Å². The Labute approximate surface area is 152 Å². The molecule has 0 amide bonds. The fourth-order valence-electron chi connectivity index (χ4n) is 2.64. The van der Waals surface area contributed by atoms with E-state index in [1.807, 2.05) is 6.92 Å². The highest BCUT2D eigenvalue weighted by Crippen LogP contribution is 2.16. The molecule has 0 aromatic carbocycles. The number of thiocarbonyl (C=S) groups is 1. The minimum atomic E-state index is 0.671. The first kappa shape index (κ1) is 24.5. The van der Waals surface area contributed by atoms with Crippen molar-refractivity contribution in [2.24, 2.45) is 0 Å². The number of hydrogen-bond donors (Lipinski definition) is 0. The van der Waals surface area contributed by atoms with E-state index in [1.54, 1.807) is 0 Å². The van der Waals surface area contributed by atoms with Gasteiger partial charge >= 0.3 is 0 Å². The van der Waals surface area contributed by atoms with E-state index >= 15 is 0 Å². The Morgan fingerprint density at radius 2 is 0.909 bits per heavy atom. The molecule has 0 aliphatic heterocycles. The summed E-state index contributed by atoms with van der Waals surface area (Å²) in [6, 6.07) is 0. The van der Waals surface area contributed by atoms with Crippen molar-refractivity contribution in [2.75, 3.05) is 26.2 Å². The first-order valence-corrected chi connectivity index (χ1v) is 10.4. The topological polar surface area (TPSA) is 0 Å². The van der Waals surface area contributed by atoms with Crippen molar-refractivity contribution >= 4 is 29.0 Å². The normalized spacial score (nSPS) is 11.0. The SMILES string of the molecule is CCC(=S)[S-].CCCC[N+](CCCC)(CCCC)CCCC. The van der Waals surface area contributed by atoms with E-state index < -0.39 is 0 Å². The molecule has 0 bridgehead atoms.